The lowest BCUT2D eigenvalue weighted by Crippen LogP contribution is -1.94. The highest BCUT2D eigenvalue weighted by molar-refractivity contribution is 5.88. The monoisotopic (exact) mass is 186 g/mol. The third-order valence-corrected chi connectivity index (χ3v) is 1.77. The van der Waals surface area contributed by atoms with E-state index in [1.165, 1.54) is 18.9 Å². The Hall–Kier alpha value is -2.42. The minimum Gasteiger partial charge on any atom is -0.403 e. The number of imidazole rings is 1. The van der Waals surface area contributed by atoms with Crippen LogP contribution in [0.2, 0.25) is 0 Å². The molecule has 6 heteroatoms. The Morgan fingerprint density at radius 3 is 3.07 bits per heavy atom. The van der Waals surface area contributed by atoms with Gasteiger partial charge in [-0.3, -0.25) is 0 Å². The molecule has 0 radical (unpaired) electrons. The lowest BCUT2D eigenvalue weighted by atomic mass is 10.2. The fraction of sp³-hybridized carbons (Fsp3) is 0. The van der Waals surface area contributed by atoms with E-state index in [1.54, 1.807) is 0 Å². The number of nitrogens with one attached hydrogen (secondary N) is 1. The van der Waals surface area contributed by atoms with Gasteiger partial charge in [-0.2, -0.15) is 5.26 Å². The van der Waals surface area contributed by atoms with Gasteiger partial charge in [0.1, 0.15) is 23.6 Å². The first-order valence-electron chi connectivity index (χ1n) is 3.83. The molecular weight excluding hydrogens is 180 g/mol. The summed E-state index contributed by atoms with van der Waals surface area (Å²) in [6.45, 7) is 0. The molecule has 2 aromatic heterocycles. The summed E-state index contributed by atoms with van der Waals surface area (Å²) in [6.07, 6.45) is 4.05. The van der Waals surface area contributed by atoms with Gasteiger partial charge in [0.2, 0.25) is 0 Å². The Morgan fingerprint density at radius 1 is 1.50 bits per heavy atom. The van der Waals surface area contributed by atoms with Gasteiger partial charge in [0.25, 0.3) is 0 Å². The standard InChI is InChI=1S/C8H6N6/c9-1-5(2-10)6-7-8(13-3-11-6)14-4-12-7/h1,3-4H,9H2,(H,11,12,13,14)/b5-1+. The highest BCUT2D eigenvalue weighted by Crippen LogP contribution is 2.16. The Kier molecular flexibility index (Phi) is 1.84. The van der Waals surface area contributed by atoms with Crippen LogP contribution < -0.4 is 5.73 Å². The maximum absolute atomic E-state index is 8.78. The molecule has 68 valence electrons. The number of nitrogens with zero attached hydrogens (tertiary/aromatic N) is 4. The van der Waals surface area contributed by atoms with Crippen LogP contribution in [0.25, 0.3) is 16.7 Å². The van der Waals surface area contributed by atoms with Gasteiger partial charge in [0.05, 0.1) is 11.9 Å². The summed E-state index contributed by atoms with van der Waals surface area (Å²) in [5.74, 6) is 0. The van der Waals surface area contributed by atoms with E-state index in [-0.39, 0.29) is 0 Å². The van der Waals surface area contributed by atoms with Gasteiger partial charge in [-0.25, -0.2) is 15.0 Å². The molecule has 6 nitrogen and oxygen atoms in total. The molecule has 0 atom stereocenters. The smallest absolute Gasteiger partial charge is 0.181 e. The van der Waals surface area contributed by atoms with E-state index in [0.29, 0.717) is 22.4 Å². The van der Waals surface area contributed by atoms with Gasteiger partial charge >= 0.3 is 0 Å². The number of rotatable bonds is 1. The van der Waals surface area contributed by atoms with Gasteiger partial charge in [-0.1, -0.05) is 0 Å². The summed E-state index contributed by atoms with van der Waals surface area (Å²) >= 11 is 0. The largest absolute Gasteiger partial charge is 0.403 e. The van der Waals surface area contributed by atoms with E-state index in [0.717, 1.165) is 0 Å². The first kappa shape index (κ1) is 8.19. The summed E-state index contributed by atoms with van der Waals surface area (Å²) in [5.41, 5.74) is 7.19. The van der Waals surface area contributed by atoms with Gasteiger partial charge in [-0.15, -0.1) is 0 Å². The third kappa shape index (κ3) is 1.08. The van der Waals surface area contributed by atoms with Crippen molar-refractivity contribution in [3.63, 3.8) is 0 Å². The van der Waals surface area contributed by atoms with E-state index >= 15 is 0 Å². The first-order chi connectivity index (χ1) is 6.86. The second kappa shape index (κ2) is 3.14. The minimum absolute atomic E-state index is 0.293. The van der Waals surface area contributed by atoms with Crippen molar-refractivity contribution < 1.29 is 0 Å². The molecule has 0 bridgehead atoms. The van der Waals surface area contributed by atoms with E-state index in [2.05, 4.69) is 19.9 Å². The minimum atomic E-state index is 0.293. The highest BCUT2D eigenvalue weighted by atomic mass is 15.0. The quantitative estimate of drug-likeness (QED) is 0.618. The van der Waals surface area contributed by atoms with Crippen molar-refractivity contribution in [1.82, 2.24) is 19.9 Å². The molecule has 0 amide bonds. The van der Waals surface area contributed by atoms with Crippen LogP contribution in [0, 0.1) is 11.3 Å². The predicted octanol–water partition coefficient (Wildman–Crippen LogP) is 0.176. The number of fused-ring (bicyclic) bond motifs is 1. The Bertz CT molecular complexity index is 532. The Balaban J connectivity index is 2.75. The summed E-state index contributed by atoms with van der Waals surface area (Å²) in [6, 6.07) is 1.95. The predicted molar refractivity (Wildman–Crippen MR) is 49.5 cm³/mol. The van der Waals surface area contributed by atoms with Crippen molar-refractivity contribution in [1.29, 1.82) is 5.26 Å². The SMILES string of the molecule is N#C/C(=C\N)c1ncnc2nc[nH]c12. The lowest BCUT2D eigenvalue weighted by molar-refractivity contribution is 1.18. The van der Waals surface area contributed by atoms with Crippen LogP contribution in [0.5, 0.6) is 0 Å². The van der Waals surface area contributed by atoms with Crippen molar-refractivity contribution in [2.45, 2.75) is 0 Å². The second-order valence-electron chi connectivity index (χ2n) is 2.52. The number of H-pyrrole nitrogens is 1. The zero-order valence-corrected chi connectivity index (χ0v) is 7.10. The summed E-state index contributed by atoms with van der Waals surface area (Å²) in [5, 5.41) is 8.78. The number of hydrogen-bond donors (Lipinski definition) is 2. The zero-order valence-electron chi connectivity index (χ0n) is 7.10. The summed E-state index contributed by atoms with van der Waals surface area (Å²) in [7, 11) is 0. The van der Waals surface area contributed by atoms with E-state index in [1.807, 2.05) is 6.07 Å². The van der Waals surface area contributed by atoms with Crippen LogP contribution >= 0.6 is 0 Å². The van der Waals surface area contributed by atoms with E-state index in [4.69, 9.17) is 11.0 Å². The number of nitriles is 1. The molecule has 2 heterocycles. The molecule has 14 heavy (non-hydrogen) atoms. The molecule has 3 N–H and O–H groups in total. The molecular formula is C8H6N6. The highest BCUT2D eigenvalue weighted by Gasteiger charge is 2.09. The molecule has 0 fully saturated rings. The number of aromatic amines is 1. The molecule has 0 saturated carbocycles. The van der Waals surface area contributed by atoms with Gasteiger partial charge in [-0.05, 0) is 0 Å². The number of allylic oxidation sites excluding steroid dienone is 1. The molecule has 0 aliphatic rings. The first-order valence-corrected chi connectivity index (χ1v) is 3.83. The fourth-order valence-electron chi connectivity index (χ4n) is 1.14. The van der Waals surface area contributed by atoms with Gasteiger partial charge in [0.15, 0.2) is 5.65 Å². The maximum Gasteiger partial charge on any atom is 0.181 e. The normalized spacial score (nSPS) is 11.5. The number of hydrogen-bond acceptors (Lipinski definition) is 5. The van der Waals surface area contributed by atoms with Crippen LogP contribution in [0.15, 0.2) is 18.9 Å². The molecule has 0 aliphatic heterocycles. The average molecular weight is 186 g/mol. The molecule has 2 rings (SSSR count). The van der Waals surface area contributed by atoms with Gasteiger partial charge < -0.3 is 10.7 Å². The van der Waals surface area contributed by atoms with Crippen molar-refractivity contribution in [3.8, 4) is 6.07 Å². The molecule has 0 spiro atoms. The summed E-state index contributed by atoms with van der Waals surface area (Å²) in [4.78, 5) is 14.7. The topological polar surface area (TPSA) is 104 Å². The molecule has 0 aromatic carbocycles. The van der Waals surface area contributed by atoms with E-state index < -0.39 is 0 Å². The third-order valence-electron chi connectivity index (χ3n) is 1.77. The van der Waals surface area contributed by atoms with Crippen molar-refractivity contribution in [2.24, 2.45) is 5.73 Å². The second-order valence-corrected chi connectivity index (χ2v) is 2.52. The fourth-order valence-corrected chi connectivity index (χ4v) is 1.14. The van der Waals surface area contributed by atoms with Crippen molar-refractivity contribution in [2.75, 3.05) is 0 Å². The maximum atomic E-state index is 8.78. The van der Waals surface area contributed by atoms with Crippen LogP contribution in [0.4, 0.5) is 0 Å². The molecule has 0 saturated heterocycles. The summed E-state index contributed by atoms with van der Waals surface area (Å²) < 4.78 is 0. The van der Waals surface area contributed by atoms with Crippen LogP contribution in [-0.2, 0) is 0 Å². The zero-order chi connectivity index (χ0) is 9.97. The van der Waals surface area contributed by atoms with Crippen LogP contribution in [0.1, 0.15) is 5.69 Å². The average Bonchev–Trinajstić information content (AvgIpc) is 2.68. The van der Waals surface area contributed by atoms with E-state index in [9.17, 15) is 0 Å². The molecule has 0 aliphatic carbocycles. The molecule has 0 unspecified atom stereocenters. The van der Waals surface area contributed by atoms with Gasteiger partial charge in [0, 0.05) is 6.20 Å². The lowest BCUT2D eigenvalue weighted by Gasteiger charge is -1.96. The molecule has 2 aromatic rings. The Labute approximate surface area is 79.1 Å². The van der Waals surface area contributed by atoms with Crippen molar-refractivity contribution in [3.05, 3.63) is 24.5 Å². The Morgan fingerprint density at radius 2 is 2.36 bits per heavy atom. The number of aromatic nitrogens is 4. The van der Waals surface area contributed by atoms with Crippen LogP contribution in [-0.4, -0.2) is 19.9 Å². The number of nitrogens with two attached hydrogens (primary N) is 1. The van der Waals surface area contributed by atoms with Crippen LogP contribution in [0.3, 0.4) is 0 Å². The van der Waals surface area contributed by atoms with Crippen molar-refractivity contribution >= 4 is 16.7 Å².